The number of carbonyl (C=O) groups excluding carboxylic acids is 1. The molecule has 1 fully saturated rings. The molecule has 1 aromatic carbocycles. The third-order valence-corrected chi connectivity index (χ3v) is 3.89. The van der Waals surface area contributed by atoms with Crippen LogP contribution in [0, 0.1) is 0 Å². The van der Waals surface area contributed by atoms with Gasteiger partial charge in [-0.2, -0.15) is 0 Å². The van der Waals surface area contributed by atoms with E-state index in [4.69, 9.17) is 0 Å². The van der Waals surface area contributed by atoms with E-state index in [1.165, 1.54) is 5.56 Å². The lowest BCUT2D eigenvalue weighted by molar-refractivity contribution is -0.124. The minimum atomic E-state index is -2.79. The van der Waals surface area contributed by atoms with Crippen molar-refractivity contribution < 1.29 is 13.6 Å². The third-order valence-electron chi connectivity index (χ3n) is 3.89. The molecule has 3 nitrogen and oxygen atoms in total. The molecule has 21 heavy (non-hydrogen) atoms. The maximum Gasteiger partial charge on any atom is 0.262 e. The van der Waals surface area contributed by atoms with Crippen LogP contribution < -0.4 is 10.6 Å². The van der Waals surface area contributed by atoms with Crippen LogP contribution >= 0.6 is 0 Å². The molecule has 0 aliphatic carbocycles. The largest absolute Gasteiger partial charge is 0.348 e. The molecule has 5 heteroatoms. The zero-order chi connectivity index (χ0) is 15.6. The summed E-state index contributed by atoms with van der Waals surface area (Å²) in [6, 6.07) is 7.00. The van der Waals surface area contributed by atoms with E-state index < -0.39 is 24.9 Å². The topological polar surface area (TPSA) is 41.1 Å². The van der Waals surface area contributed by atoms with E-state index in [1.54, 1.807) is 0 Å². The Labute approximate surface area is 124 Å². The predicted octanol–water partition coefficient (Wildman–Crippen LogP) is 2.98. The fraction of sp³-hybridized carbons (Fsp3) is 0.562. The molecular formula is C16H22F2N2O. The predicted molar refractivity (Wildman–Crippen MR) is 78.4 cm³/mol. The van der Waals surface area contributed by atoms with Crippen molar-refractivity contribution in [2.45, 2.75) is 51.1 Å². The summed E-state index contributed by atoms with van der Waals surface area (Å²) in [6.07, 6.45) is -0.433. The molecule has 2 rings (SSSR count). The Balaban J connectivity index is 1.95. The van der Waals surface area contributed by atoms with Gasteiger partial charge in [0.1, 0.15) is 0 Å². The lowest BCUT2D eigenvalue weighted by Crippen LogP contribution is -2.41. The van der Waals surface area contributed by atoms with Crippen molar-refractivity contribution in [1.29, 1.82) is 0 Å². The number of halogens is 2. The Bertz CT molecular complexity index is 500. The zero-order valence-corrected chi connectivity index (χ0v) is 12.6. The Morgan fingerprint density at radius 1 is 1.24 bits per heavy atom. The number of rotatable bonds is 4. The van der Waals surface area contributed by atoms with Gasteiger partial charge in [0.05, 0.1) is 18.6 Å². The number of hydrogen-bond donors (Lipinski definition) is 2. The van der Waals surface area contributed by atoms with Crippen molar-refractivity contribution in [3.63, 3.8) is 0 Å². The van der Waals surface area contributed by atoms with Crippen LogP contribution in [-0.2, 0) is 4.79 Å². The Hall–Kier alpha value is -1.49. The molecule has 116 valence electrons. The summed E-state index contributed by atoms with van der Waals surface area (Å²) in [5, 5.41) is 5.36. The van der Waals surface area contributed by atoms with E-state index in [0.29, 0.717) is 5.92 Å². The molecule has 0 aromatic heterocycles. The highest BCUT2D eigenvalue weighted by molar-refractivity contribution is 5.82. The van der Waals surface area contributed by atoms with E-state index in [1.807, 2.05) is 31.2 Å². The van der Waals surface area contributed by atoms with E-state index >= 15 is 0 Å². The van der Waals surface area contributed by atoms with E-state index in [0.717, 1.165) is 5.56 Å². The van der Waals surface area contributed by atoms with Gasteiger partial charge in [-0.25, -0.2) is 8.78 Å². The first-order valence-electron chi connectivity index (χ1n) is 7.30. The molecule has 0 spiro atoms. The standard InChI is InChI=1S/C16H22F2N2O/c1-10(2)12-4-6-13(7-5-12)11(3)20-15(21)14-8-16(17,18)9-19-14/h4-7,10-11,14,19H,8-9H2,1-3H3,(H,20,21). The second kappa shape index (κ2) is 6.10. The van der Waals surface area contributed by atoms with Crippen molar-refractivity contribution in [1.82, 2.24) is 10.6 Å². The Morgan fingerprint density at radius 3 is 2.29 bits per heavy atom. The molecule has 2 unspecified atom stereocenters. The monoisotopic (exact) mass is 296 g/mol. The first kappa shape index (κ1) is 15.9. The van der Waals surface area contributed by atoms with Crippen molar-refractivity contribution >= 4 is 5.91 Å². The molecule has 0 radical (unpaired) electrons. The van der Waals surface area contributed by atoms with Gasteiger partial charge < -0.3 is 5.32 Å². The van der Waals surface area contributed by atoms with Crippen LogP contribution in [0.25, 0.3) is 0 Å². The highest BCUT2D eigenvalue weighted by atomic mass is 19.3. The minimum Gasteiger partial charge on any atom is -0.348 e. The number of alkyl halides is 2. The lowest BCUT2D eigenvalue weighted by Gasteiger charge is -2.18. The molecule has 1 aromatic rings. The fourth-order valence-corrected chi connectivity index (χ4v) is 2.47. The summed E-state index contributed by atoms with van der Waals surface area (Å²) < 4.78 is 26.2. The zero-order valence-electron chi connectivity index (χ0n) is 12.6. The van der Waals surface area contributed by atoms with Crippen molar-refractivity contribution in [2.24, 2.45) is 0 Å². The van der Waals surface area contributed by atoms with Gasteiger partial charge in [-0.3, -0.25) is 10.1 Å². The maximum absolute atomic E-state index is 13.1. The molecule has 1 amide bonds. The van der Waals surface area contributed by atoms with Gasteiger partial charge in [0, 0.05) is 6.42 Å². The average Bonchev–Trinajstić information content (AvgIpc) is 2.79. The number of hydrogen-bond acceptors (Lipinski definition) is 2. The molecule has 1 heterocycles. The van der Waals surface area contributed by atoms with Gasteiger partial charge in [0.25, 0.3) is 5.92 Å². The van der Waals surface area contributed by atoms with Crippen molar-refractivity contribution in [3.8, 4) is 0 Å². The first-order chi connectivity index (χ1) is 9.78. The smallest absolute Gasteiger partial charge is 0.262 e. The summed E-state index contributed by atoms with van der Waals surface area (Å²) in [7, 11) is 0. The van der Waals surface area contributed by atoms with E-state index in [-0.39, 0.29) is 11.9 Å². The molecule has 1 aliphatic heterocycles. The van der Waals surface area contributed by atoms with Gasteiger partial charge in [-0.1, -0.05) is 38.1 Å². The first-order valence-corrected chi connectivity index (χ1v) is 7.30. The number of carbonyl (C=O) groups is 1. The molecule has 1 saturated heterocycles. The normalized spacial score (nSPS) is 22.3. The minimum absolute atomic E-state index is 0.199. The molecule has 0 saturated carbocycles. The Kier molecular flexibility index (Phi) is 4.61. The van der Waals surface area contributed by atoms with E-state index in [9.17, 15) is 13.6 Å². The number of nitrogens with one attached hydrogen (secondary N) is 2. The summed E-state index contributed by atoms with van der Waals surface area (Å²) in [5.74, 6) is -2.70. The lowest BCUT2D eigenvalue weighted by atomic mass is 9.99. The third kappa shape index (κ3) is 4.00. The summed E-state index contributed by atoms with van der Waals surface area (Å²) >= 11 is 0. The maximum atomic E-state index is 13.1. The SMILES string of the molecule is CC(C)c1ccc(C(C)NC(=O)C2CC(F)(F)CN2)cc1. The van der Waals surface area contributed by atoms with Crippen LogP contribution in [0.2, 0.25) is 0 Å². The molecule has 0 bridgehead atoms. The highest BCUT2D eigenvalue weighted by Crippen LogP contribution is 2.25. The van der Waals surface area contributed by atoms with Crippen molar-refractivity contribution in [3.05, 3.63) is 35.4 Å². The van der Waals surface area contributed by atoms with Gasteiger partial charge in [-0.15, -0.1) is 0 Å². The summed E-state index contributed by atoms with van der Waals surface area (Å²) in [6.45, 7) is 5.66. The van der Waals surface area contributed by atoms with E-state index in [2.05, 4.69) is 24.5 Å². The van der Waals surface area contributed by atoms with Crippen molar-refractivity contribution in [2.75, 3.05) is 6.54 Å². The van der Waals surface area contributed by atoms with Crippen LogP contribution in [0.15, 0.2) is 24.3 Å². The van der Waals surface area contributed by atoms with Crippen LogP contribution in [-0.4, -0.2) is 24.4 Å². The highest BCUT2D eigenvalue weighted by Gasteiger charge is 2.42. The van der Waals surface area contributed by atoms with Gasteiger partial charge in [0.2, 0.25) is 5.91 Å². The molecule has 1 aliphatic rings. The second-order valence-electron chi connectivity index (χ2n) is 6.05. The van der Waals surface area contributed by atoms with Gasteiger partial charge >= 0.3 is 0 Å². The van der Waals surface area contributed by atoms with Gasteiger partial charge in [-0.05, 0) is 24.0 Å². The fourth-order valence-electron chi connectivity index (χ4n) is 2.47. The number of benzene rings is 1. The molecule has 2 N–H and O–H groups in total. The quantitative estimate of drug-likeness (QED) is 0.897. The Morgan fingerprint density at radius 2 is 1.81 bits per heavy atom. The number of amides is 1. The van der Waals surface area contributed by atoms with Crippen LogP contribution in [0.1, 0.15) is 50.3 Å². The van der Waals surface area contributed by atoms with Crippen LogP contribution in [0.3, 0.4) is 0 Å². The van der Waals surface area contributed by atoms with Gasteiger partial charge in [0.15, 0.2) is 0 Å². The molecule has 2 atom stereocenters. The average molecular weight is 296 g/mol. The molecular weight excluding hydrogens is 274 g/mol. The van der Waals surface area contributed by atoms with Crippen LogP contribution in [0.4, 0.5) is 8.78 Å². The summed E-state index contributed by atoms with van der Waals surface area (Å²) in [4.78, 5) is 12.0. The summed E-state index contributed by atoms with van der Waals surface area (Å²) in [5.41, 5.74) is 2.20. The van der Waals surface area contributed by atoms with Crippen LogP contribution in [0.5, 0.6) is 0 Å². The second-order valence-corrected chi connectivity index (χ2v) is 6.05.